The minimum atomic E-state index is -1.75. The Labute approximate surface area is 311 Å². The number of amidine groups is 1. The molecule has 3 aromatic heterocycles. The van der Waals surface area contributed by atoms with E-state index in [2.05, 4.69) is 19.7 Å². The topological polar surface area (TPSA) is 246 Å². The van der Waals surface area contributed by atoms with Gasteiger partial charge in [-0.15, -0.1) is 23.1 Å². The Bertz CT molecular complexity index is 2190. The average molecular weight is 761 g/mol. The number of ketones is 1. The van der Waals surface area contributed by atoms with Crippen LogP contribution in [0.15, 0.2) is 81.8 Å². The Morgan fingerprint density at radius 1 is 1.15 bits per heavy atom. The number of β-lactam (4-membered cyclic amide) rings is 1. The molecule has 276 valence electrons. The molecule has 2 aliphatic heterocycles. The van der Waals surface area contributed by atoms with Crippen LogP contribution in [-0.4, -0.2) is 89.7 Å². The number of hydrogen-bond donors (Lipinski definition) is 5. The van der Waals surface area contributed by atoms with Gasteiger partial charge in [0.15, 0.2) is 35.6 Å². The van der Waals surface area contributed by atoms with Gasteiger partial charge in [0.25, 0.3) is 0 Å². The Morgan fingerprint density at radius 3 is 2.57 bits per heavy atom. The number of aliphatic carboxylic acids is 2. The number of carboxylic acids is 2. The monoisotopic (exact) mass is 760 g/mol. The molecule has 1 saturated heterocycles. The van der Waals surface area contributed by atoms with Gasteiger partial charge < -0.3 is 36.8 Å². The summed E-state index contributed by atoms with van der Waals surface area (Å²) in [7, 11) is 0. The predicted octanol–water partition coefficient (Wildman–Crippen LogP) is 1.79. The van der Waals surface area contributed by atoms with E-state index in [9.17, 15) is 29.4 Å². The van der Waals surface area contributed by atoms with Crippen molar-refractivity contribution in [3.05, 3.63) is 88.5 Å². The first-order valence-electron chi connectivity index (χ1n) is 16.5. The van der Waals surface area contributed by atoms with Gasteiger partial charge in [-0.2, -0.15) is 0 Å². The molecule has 2 aliphatic rings. The van der Waals surface area contributed by atoms with E-state index in [1.165, 1.54) is 35.9 Å². The first kappa shape index (κ1) is 37.2. The first-order chi connectivity index (χ1) is 25.3. The molecule has 0 saturated carbocycles. The van der Waals surface area contributed by atoms with Crippen molar-refractivity contribution >= 4 is 74.3 Å². The number of carbonyl (C=O) groups is 4. The standard InChI is InChI=1S/C35H37N9O7S2/c1-35(2,33(49)50)51-41-27(24-18-53-34(38)40-24)26(45)13-23-30(46)44-28(32(47)48)22(17-52-31(23)44)16-42-11-8-25-21(15-42)7-12-43(25)14-19-3-5-20(6-4-19)29(37)39-10-9-36/h3-8,11-12,15,18,23,31H,9-10,13-14,16-17,36H2,1-2H3,(H5-,37,38,39,40,47,48,49,50)/p+1/b41-27-/t23-,31-/m1/s1. The van der Waals surface area contributed by atoms with Gasteiger partial charge in [0.05, 0.1) is 28.7 Å². The number of benzene rings is 1. The van der Waals surface area contributed by atoms with Crippen molar-refractivity contribution in [2.75, 3.05) is 24.6 Å². The molecule has 5 heterocycles. The molecule has 0 spiro atoms. The van der Waals surface area contributed by atoms with Crippen LogP contribution in [0.4, 0.5) is 5.13 Å². The highest BCUT2D eigenvalue weighted by atomic mass is 32.2. The summed E-state index contributed by atoms with van der Waals surface area (Å²) >= 11 is 2.43. The van der Waals surface area contributed by atoms with Gasteiger partial charge in [0.2, 0.25) is 11.5 Å². The molecule has 16 nitrogen and oxygen atoms in total. The van der Waals surface area contributed by atoms with Crippen LogP contribution in [0.1, 0.15) is 37.1 Å². The molecular weight excluding hydrogens is 723 g/mol. The van der Waals surface area contributed by atoms with Gasteiger partial charge >= 0.3 is 11.9 Å². The maximum Gasteiger partial charge on any atom is 0.352 e. The van der Waals surface area contributed by atoms with E-state index in [4.69, 9.17) is 22.0 Å². The van der Waals surface area contributed by atoms with Crippen LogP contribution >= 0.6 is 23.1 Å². The highest BCUT2D eigenvalue weighted by molar-refractivity contribution is 8.00. The second-order valence-electron chi connectivity index (χ2n) is 13.0. The number of pyridine rings is 1. The van der Waals surface area contributed by atoms with E-state index >= 15 is 0 Å². The summed E-state index contributed by atoms with van der Waals surface area (Å²) in [6.07, 6.45) is 5.48. The predicted molar refractivity (Wildman–Crippen MR) is 199 cm³/mol. The molecule has 0 radical (unpaired) electrons. The number of aromatic nitrogens is 3. The fourth-order valence-corrected chi connectivity index (χ4v) is 7.92. The zero-order chi connectivity index (χ0) is 38.0. The highest BCUT2D eigenvalue weighted by Gasteiger charge is 2.54. The van der Waals surface area contributed by atoms with Crippen molar-refractivity contribution in [2.24, 2.45) is 27.5 Å². The van der Waals surface area contributed by atoms with Crippen LogP contribution in [0.5, 0.6) is 0 Å². The summed E-state index contributed by atoms with van der Waals surface area (Å²) in [6, 6.07) is 11.8. The molecule has 2 atom stereocenters. The van der Waals surface area contributed by atoms with Crippen molar-refractivity contribution in [2.45, 2.75) is 44.3 Å². The van der Waals surface area contributed by atoms with Gasteiger partial charge in [-0.05, 0) is 25.5 Å². The minimum Gasteiger partial charge on any atom is -0.478 e. The molecule has 6 rings (SSSR count). The van der Waals surface area contributed by atoms with Crippen LogP contribution in [0, 0.1) is 5.92 Å². The van der Waals surface area contributed by atoms with Gasteiger partial charge in [-0.1, -0.05) is 29.4 Å². The Morgan fingerprint density at radius 2 is 1.91 bits per heavy atom. The Kier molecular flexibility index (Phi) is 10.6. The third kappa shape index (κ3) is 7.79. The van der Waals surface area contributed by atoms with Crippen molar-refractivity contribution in [1.82, 2.24) is 14.5 Å². The number of thioether (sulfide) groups is 1. The van der Waals surface area contributed by atoms with Crippen molar-refractivity contribution in [3.8, 4) is 0 Å². The fraction of sp³-hybridized carbons (Fsp3) is 0.314. The normalized spacial score (nSPS) is 17.9. The lowest BCUT2D eigenvalue weighted by atomic mass is 9.89. The average Bonchev–Trinajstić information content (AvgIpc) is 3.74. The number of oxime groups is 1. The van der Waals surface area contributed by atoms with Crippen LogP contribution in [0.2, 0.25) is 0 Å². The lowest BCUT2D eigenvalue weighted by Gasteiger charge is -2.49. The lowest BCUT2D eigenvalue weighted by molar-refractivity contribution is -0.687. The van der Waals surface area contributed by atoms with E-state index < -0.39 is 40.5 Å². The summed E-state index contributed by atoms with van der Waals surface area (Å²) in [5.74, 6) is -3.73. The van der Waals surface area contributed by atoms with Crippen LogP contribution in [0.3, 0.4) is 0 Å². The summed E-state index contributed by atoms with van der Waals surface area (Å²) in [4.78, 5) is 65.9. The van der Waals surface area contributed by atoms with E-state index in [0.29, 0.717) is 36.8 Å². The fourth-order valence-electron chi connectivity index (χ4n) is 5.97. The van der Waals surface area contributed by atoms with Crippen LogP contribution < -0.4 is 21.8 Å². The van der Waals surface area contributed by atoms with Crippen molar-refractivity contribution in [3.63, 3.8) is 0 Å². The van der Waals surface area contributed by atoms with Gasteiger partial charge in [0.1, 0.15) is 17.2 Å². The summed E-state index contributed by atoms with van der Waals surface area (Å²) in [5.41, 5.74) is 18.7. The number of nitrogens with zero attached hydrogens (tertiary/aromatic N) is 6. The third-order valence-corrected chi connectivity index (χ3v) is 10.9. The molecular formula is C35H38N9O7S2+. The molecule has 1 fully saturated rings. The number of thiazole rings is 1. The van der Waals surface area contributed by atoms with E-state index in [0.717, 1.165) is 33.4 Å². The zero-order valence-corrected chi connectivity index (χ0v) is 30.5. The number of anilines is 1. The number of rotatable bonds is 15. The molecule has 0 bridgehead atoms. The first-order valence-corrected chi connectivity index (χ1v) is 18.4. The maximum atomic E-state index is 13.5. The SMILES string of the molecule is CC(C)(O/N=C(\C(=O)C[C@@H]1C(=O)N2C(C(=O)O)=C(C[n+]3ccc4c(ccn4Cc4ccc(C(N)=NCCN)cc4)c3)CS[C@H]12)c1csc(N)n1)C(=O)O. The number of Topliss-reactive ketones (excluding diaryl/α,β-unsaturated/α-hetero) is 1. The van der Waals surface area contributed by atoms with Gasteiger partial charge in [0, 0.05) is 54.0 Å². The zero-order valence-electron chi connectivity index (χ0n) is 28.8. The third-order valence-electron chi connectivity index (χ3n) is 8.83. The molecule has 53 heavy (non-hydrogen) atoms. The summed E-state index contributed by atoms with van der Waals surface area (Å²) in [6.45, 7) is 4.30. The minimum absolute atomic E-state index is 0.0840. The number of aliphatic imine (C=N–C) groups is 1. The molecule has 8 N–H and O–H groups in total. The molecule has 1 aromatic carbocycles. The maximum absolute atomic E-state index is 13.5. The number of carbonyl (C=O) groups excluding carboxylic acids is 2. The number of nitrogens with two attached hydrogens (primary N) is 3. The molecule has 0 unspecified atom stereocenters. The highest BCUT2D eigenvalue weighted by Crippen LogP contribution is 2.45. The Hall–Kier alpha value is -5.59. The summed E-state index contributed by atoms with van der Waals surface area (Å²) in [5, 5.41) is 25.5. The molecule has 4 aromatic rings. The van der Waals surface area contributed by atoms with Crippen molar-refractivity contribution in [1.29, 1.82) is 0 Å². The Balaban J connectivity index is 1.16. The van der Waals surface area contributed by atoms with Gasteiger partial charge in [-0.25, -0.2) is 19.1 Å². The number of nitrogen functional groups attached to an aromatic ring is 1. The van der Waals surface area contributed by atoms with Gasteiger partial charge in [-0.3, -0.25) is 19.5 Å². The van der Waals surface area contributed by atoms with E-state index in [-0.39, 0.29) is 35.2 Å². The van der Waals surface area contributed by atoms with Crippen molar-refractivity contribution < 1.29 is 38.8 Å². The second-order valence-corrected chi connectivity index (χ2v) is 15.0. The molecule has 0 aliphatic carbocycles. The second kappa shape index (κ2) is 15.2. The summed E-state index contributed by atoms with van der Waals surface area (Å²) < 4.78 is 4.00. The molecule has 18 heteroatoms. The number of carboxylic acid groups (broad SMARTS) is 2. The smallest absolute Gasteiger partial charge is 0.352 e. The lowest BCUT2D eigenvalue weighted by Crippen LogP contribution is -2.62. The largest absolute Gasteiger partial charge is 0.478 e. The number of fused-ring (bicyclic) bond motifs is 2. The van der Waals surface area contributed by atoms with E-state index in [1.54, 1.807) is 0 Å². The number of hydrogen-bond acceptors (Lipinski definition) is 12. The number of amides is 1. The molecule has 1 amide bonds. The van der Waals surface area contributed by atoms with Crippen LogP contribution in [-0.2, 0) is 37.1 Å². The van der Waals surface area contributed by atoms with Crippen LogP contribution in [0.25, 0.3) is 10.9 Å². The quantitative estimate of drug-likeness (QED) is 0.0383. The van der Waals surface area contributed by atoms with E-state index in [1.807, 2.05) is 59.6 Å².